The first-order valence-electron chi connectivity index (χ1n) is 21.9. The second kappa shape index (κ2) is 15.5. The lowest BCUT2D eigenvalue weighted by molar-refractivity contribution is -0.599. The van der Waals surface area contributed by atoms with E-state index in [1.807, 2.05) is 6.20 Å². The van der Waals surface area contributed by atoms with Crippen LogP contribution in [0.4, 0.5) is 0 Å². The Kier molecular flexibility index (Phi) is 10.6. The van der Waals surface area contributed by atoms with Crippen molar-refractivity contribution >= 4 is 21.8 Å². The SMILES string of the molecule is CC(C)c1cccc(C(C)C)c1-c1ccnc(-n2c3ccccc3c3ccc(Oc4cc(-n5[c-][n+](-c6cccc(C(C)(C)C)c6)cc5C(C)(C)C)cc(C(C)(C)C)c4)cc32)c1. The average molecular weight is 807 g/mol. The van der Waals surface area contributed by atoms with Gasteiger partial charge in [0.1, 0.15) is 17.3 Å². The highest BCUT2D eigenvalue weighted by Gasteiger charge is 2.25. The third-order valence-electron chi connectivity index (χ3n) is 12.0. The van der Waals surface area contributed by atoms with Gasteiger partial charge in [0.2, 0.25) is 0 Å². The number of ether oxygens (including phenoxy) is 1. The van der Waals surface area contributed by atoms with Crippen LogP contribution in [0.2, 0.25) is 0 Å². The van der Waals surface area contributed by atoms with Gasteiger partial charge in [0, 0.05) is 29.2 Å². The van der Waals surface area contributed by atoms with Gasteiger partial charge in [-0.05, 0) is 122 Å². The zero-order chi connectivity index (χ0) is 43.6. The van der Waals surface area contributed by atoms with Crippen LogP contribution in [0.3, 0.4) is 0 Å². The minimum absolute atomic E-state index is 0.0361. The van der Waals surface area contributed by atoms with Gasteiger partial charge in [-0.1, -0.05) is 139 Å². The van der Waals surface area contributed by atoms with Crippen LogP contribution in [0.5, 0.6) is 11.5 Å². The number of para-hydroxylation sites is 1. The van der Waals surface area contributed by atoms with E-state index >= 15 is 0 Å². The minimum Gasteiger partial charge on any atom is -0.458 e. The molecule has 0 unspecified atom stereocenters. The Labute approximate surface area is 363 Å². The molecule has 0 fully saturated rings. The number of rotatable bonds is 8. The molecule has 0 saturated carbocycles. The van der Waals surface area contributed by atoms with Gasteiger partial charge in [-0.2, -0.15) is 0 Å². The highest BCUT2D eigenvalue weighted by molar-refractivity contribution is 6.09. The first kappa shape index (κ1) is 41.8. The Morgan fingerprint density at radius 2 is 1.26 bits per heavy atom. The predicted octanol–water partition coefficient (Wildman–Crippen LogP) is 14.6. The van der Waals surface area contributed by atoms with E-state index in [1.54, 1.807) is 0 Å². The molecule has 5 nitrogen and oxygen atoms in total. The molecule has 8 rings (SSSR count). The van der Waals surface area contributed by atoms with Crippen molar-refractivity contribution in [2.24, 2.45) is 0 Å². The van der Waals surface area contributed by atoms with Crippen LogP contribution < -0.4 is 9.30 Å². The number of imidazole rings is 1. The van der Waals surface area contributed by atoms with Crippen LogP contribution in [-0.2, 0) is 16.2 Å². The number of nitrogens with zero attached hydrogens (tertiary/aromatic N) is 4. The standard InChI is InChI=1S/C56H62N4O/c1-36(2)45-21-17-22-46(37(3)4)53(45)38-26-27-57-52(28-38)60-49-23-15-14-20-47(49)48-25-24-43(33-50(48)60)61-44-31-40(55(8,9)10)30-42(32-44)59-35-58(34-51(59)56(11,12)13)41-19-16-18-39(29-41)54(5,6)7/h14-34,36-37H,1-13H3. The van der Waals surface area contributed by atoms with Gasteiger partial charge in [0.15, 0.2) is 0 Å². The fourth-order valence-electron chi connectivity index (χ4n) is 8.53. The average Bonchev–Trinajstić information content (AvgIpc) is 3.81. The zero-order valence-corrected chi connectivity index (χ0v) is 38.5. The lowest BCUT2D eigenvalue weighted by atomic mass is 9.85. The Morgan fingerprint density at radius 3 is 1.93 bits per heavy atom. The summed E-state index contributed by atoms with van der Waals surface area (Å²) in [7, 11) is 0. The molecule has 3 aromatic heterocycles. The van der Waals surface area contributed by atoms with Crippen LogP contribution >= 0.6 is 0 Å². The Bertz CT molecular complexity index is 2870. The molecule has 0 bridgehead atoms. The van der Waals surface area contributed by atoms with Crippen molar-refractivity contribution in [1.82, 2.24) is 14.1 Å². The highest BCUT2D eigenvalue weighted by Crippen LogP contribution is 2.40. The third kappa shape index (κ3) is 8.15. The molecule has 0 aliphatic carbocycles. The van der Waals surface area contributed by atoms with Crippen LogP contribution in [0, 0.1) is 6.33 Å². The van der Waals surface area contributed by atoms with E-state index in [1.165, 1.54) is 38.8 Å². The summed E-state index contributed by atoms with van der Waals surface area (Å²) in [6.45, 7) is 29.5. The maximum atomic E-state index is 6.95. The summed E-state index contributed by atoms with van der Waals surface area (Å²) in [5, 5.41) is 2.33. The lowest BCUT2D eigenvalue weighted by Crippen LogP contribution is -2.29. The molecule has 0 aliphatic heterocycles. The first-order valence-corrected chi connectivity index (χ1v) is 21.9. The Hall–Kier alpha value is -5.94. The van der Waals surface area contributed by atoms with Crippen molar-refractivity contribution in [3.8, 4) is 39.8 Å². The van der Waals surface area contributed by atoms with E-state index < -0.39 is 0 Å². The molecule has 0 aliphatic rings. The quantitative estimate of drug-likeness (QED) is 0.113. The molecular weight excluding hydrogens is 745 g/mol. The van der Waals surface area contributed by atoms with Crippen molar-refractivity contribution in [3.63, 3.8) is 0 Å². The maximum absolute atomic E-state index is 6.95. The summed E-state index contributed by atoms with van der Waals surface area (Å²) in [5.74, 6) is 3.19. The van der Waals surface area contributed by atoms with Crippen molar-refractivity contribution in [1.29, 1.82) is 0 Å². The normalized spacial score (nSPS) is 12.6. The van der Waals surface area contributed by atoms with Crippen molar-refractivity contribution in [3.05, 3.63) is 162 Å². The van der Waals surface area contributed by atoms with Crippen molar-refractivity contribution < 1.29 is 9.30 Å². The second-order valence-electron chi connectivity index (χ2n) is 20.5. The fourth-order valence-corrected chi connectivity index (χ4v) is 8.53. The van der Waals surface area contributed by atoms with E-state index in [2.05, 4.69) is 231 Å². The van der Waals surface area contributed by atoms with E-state index in [-0.39, 0.29) is 16.2 Å². The van der Waals surface area contributed by atoms with Crippen LogP contribution in [-0.4, -0.2) is 14.1 Å². The molecule has 0 N–H and O–H groups in total. The Morgan fingerprint density at radius 1 is 0.590 bits per heavy atom. The number of hydrogen-bond donors (Lipinski definition) is 0. The molecule has 0 saturated heterocycles. The van der Waals surface area contributed by atoms with Gasteiger partial charge < -0.3 is 4.74 Å². The summed E-state index contributed by atoms with van der Waals surface area (Å²) in [5.41, 5.74) is 12.8. The number of fused-ring (bicyclic) bond motifs is 3. The van der Waals surface area contributed by atoms with Gasteiger partial charge in [0.25, 0.3) is 6.33 Å². The molecule has 312 valence electrons. The molecule has 5 aromatic carbocycles. The number of hydrogen-bond acceptors (Lipinski definition) is 2. The molecule has 0 atom stereocenters. The largest absolute Gasteiger partial charge is 0.458 e. The van der Waals surface area contributed by atoms with Gasteiger partial charge >= 0.3 is 0 Å². The molecule has 3 heterocycles. The number of benzene rings is 5. The molecule has 0 spiro atoms. The molecule has 8 aromatic rings. The summed E-state index contributed by atoms with van der Waals surface area (Å²) in [6.07, 6.45) is 7.93. The van der Waals surface area contributed by atoms with Crippen LogP contribution in [0.15, 0.2) is 128 Å². The monoisotopic (exact) mass is 806 g/mol. The van der Waals surface area contributed by atoms with Gasteiger partial charge in [-0.3, -0.25) is 13.7 Å². The lowest BCUT2D eigenvalue weighted by Gasteiger charge is -2.24. The van der Waals surface area contributed by atoms with Gasteiger partial charge in [0.05, 0.1) is 28.1 Å². The maximum Gasteiger partial charge on any atom is 0.269 e. The van der Waals surface area contributed by atoms with Crippen LogP contribution in [0.25, 0.3) is 50.1 Å². The second-order valence-corrected chi connectivity index (χ2v) is 20.5. The number of pyridine rings is 1. The van der Waals surface area contributed by atoms with Crippen molar-refractivity contribution in [2.45, 2.75) is 118 Å². The van der Waals surface area contributed by atoms with E-state index in [9.17, 15) is 0 Å². The summed E-state index contributed by atoms with van der Waals surface area (Å²) < 4.78 is 13.6. The smallest absolute Gasteiger partial charge is 0.269 e. The molecular formula is C56H62N4O. The van der Waals surface area contributed by atoms with E-state index in [0.717, 1.165) is 50.8 Å². The van der Waals surface area contributed by atoms with Crippen LogP contribution in [0.1, 0.15) is 130 Å². The Balaban J connectivity index is 1.26. The third-order valence-corrected chi connectivity index (χ3v) is 12.0. The highest BCUT2D eigenvalue weighted by atomic mass is 16.5. The number of aromatic nitrogens is 4. The van der Waals surface area contributed by atoms with E-state index in [4.69, 9.17) is 9.72 Å². The molecule has 61 heavy (non-hydrogen) atoms. The molecule has 0 amide bonds. The van der Waals surface area contributed by atoms with Crippen molar-refractivity contribution in [2.75, 3.05) is 0 Å². The summed E-state index contributed by atoms with van der Waals surface area (Å²) >= 11 is 0. The van der Waals surface area contributed by atoms with Gasteiger partial charge in [-0.15, -0.1) is 0 Å². The minimum atomic E-state index is -0.154. The zero-order valence-electron chi connectivity index (χ0n) is 38.5. The summed E-state index contributed by atoms with van der Waals surface area (Å²) in [6, 6.07) is 41.7. The van der Waals surface area contributed by atoms with Gasteiger partial charge in [-0.25, -0.2) is 4.98 Å². The first-order chi connectivity index (χ1) is 28.8. The van der Waals surface area contributed by atoms with E-state index in [0.29, 0.717) is 11.8 Å². The molecule has 5 heteroatoms. The summed E-state index contributed by atoms with van der Waals surface area (Å²) in [4.78, 5) is 5.04. The fraction of sp³-hybridized carbons (Fsp3) is 0.321. The molecule has 0 radical (unpaired) electrons. The predicted molar refractivity (Wildman–Crippen MR) is 255 cm³/mol. The topological polar surface area (TPSA) is 35.9 Å².